The van der Waals surface area contributed by atoms with E-state index < -0.39 is 0 Å². The topological polar surface area (TPSA) is 43.4 Å². The number of rotatable bonds is 10. The molecule has 1 N–H and O–H groups in total. The molecule has 0 saturated carbocycles. The number of nitrogens with zero attached hydrogens (tertiary/aromatic N) is 1. The van der Waals surface area contributed by atoms with Gasteiger partial charge in [-0.1, -0.05) is 13.8 Å². The van der Waals surface area contributed by atoms with Crippen molar-refractivity contribution in [3.05, 3.63) is 23.5 Å². The molecule has 1 heterocycles. The highest BCUT2D eigenvalue weighted by Gasteiger charge is 2.05. The third-order valence-electron chi connectivity index (χ3n) is 2.62. The summed E-state index contributed by atoms with van der Waals surface area (Å²) in [5.74, 6) is 0.856. The molecule has 0 radical (unpaired) electrons. The fraction of sp³-hybridized carbons (Fsp3) is 0.667. The summed E-state index contributed by atoms with van der Waals surface area (Å²) in [5.41, 5.74) is 1.99. The molecule has 4 heteroatoms. The van der Waals surface area contributed by atoms with Crippen LogP contribution in [0.4, 0.5) is 0 Å². The molecule has 0 aliphatic rings. The van der Waals surface area contributed by atoms with Gasteiger partial charge >= 0.3 is 0 Å². The highest BCUT2D eigenvalue weighted by atomic mass is 16.5. The molecule has 0 aromatic carbocycles. The molecule has 0 atom stereocenters. The molecule has 4 nitrogen and oxygen atoms in total. The number of aromatic nitrogens is 1. The van der Waals surface area contributed by atoms with Crippen LogP contribution in [0.15, 0.2) is 12.1 Å². The van der Waals surface area contributed by atoms with Gasteiger partial charge in [0.1, 0.15) is 12.4 Å². The van der Waals surface area contributed by atoms with Crippen molar-refractivity contribution in [1.82, 2.24) is 10.3 Å². The minimum Gasteiger partial charge on any atom is -0.489 e. The van der Waals surface area contributed by atoms with E-state index in [2.05, 4.69) is 24.1 Å². The van der Waals surface area contributed by atoms with E-state index in [1.165, 1.54) is 0 Å². The first-order chi connectivity index (χ1) is 9.27. The van der Waals surface area contributed by atoms with Crippen molar-refractivity contribution in [3.8, 4) is 5.75 Å². The zero-order chi connectivity index (χ0) is 13.9. The average Bonchev–Trinajstić information content (AvgIpc) is 2.41. The van der Waals surface area contributed by atoms with Gasteiger partial charge in [0.05, 0.1) is 12.3 Å². The van der Waals surface area contributed by atoms with E-state index in [0.29, 0.717) is 13.2 Å². The first-order valence-electron chi connectivity index (χ1n) is 7.15. The summed E-state index contributed by atoms with van der Waals surface area (Å²) >= 11 is 0. The molecular weight excluding hydrogens is 240 g/mol. The summed E-state index contributed by atoms with van der Waals surface area (Å²) < 4.78 is 11.1. The Labute approximate surface area is 116 Å². The minimum absolute atomic E-state index is 0.575. The van der Waals surface area contributed by atoms with Crippen LogP contribution < -0.4 is 10.1 Å². The molecule has 19 heavy (non-hydrogen) atoms. The fourth-order valence-corrected chi connectivity index (χ4v) is 1.70. The van der Waals surface area contributed by atoms with Crippen molar-refractivity contribution in [2.75, 3.05) is 26.4 Å². The summed E-state index contributed by atoms with van der Waals surface area (Å²) in [7, 11) is 0. The minimum atomic E-state index is 0.575. The van der Waals surface area contributed by atoms with Crippen LogP contribution in [0.3, 0.4) is 0 Å². The normalized spacial score (nSPS) is 10.7. The van der Waals surface area contributed by atoms with Crippen LogP contribution in [0.25, 0.3) is 0 Å². The SMILES string of the molecule is CCCNCc1nc(C)ccc1OCCOCCC. The van der Waals surface area contributed by atoms with Crippen LogP contribution in [0, 0.1) is 6.92 Å². The van der Waals surface area contributed by atoms with Gasteiger partial charge < -0.3 is 14.8 Å². The Kier molecular flexibility index (Phi) is 8.18. The van der Waals surface area contributed by atoms with Gasteiger partial charge in [-0.05, 0) is 38.4 Å². The van der Waals surface area contributed by atoms with Gasteiger partial charge in [0.2, 0.25) is 0 Å². The Balaban J connectivity index is 2.45. The van der Waals surface area contributed by atoms with Gasteiger partial charge in [-0.25, -0.2) is 0 Å². The maximum absolute atomic E-state index is 5.74. The highest BCUT2D eigenvalue weighted by Crippen LogP contribution is 2.16. The summed E-state index contributed by atoms with van der Waals surface area (Å²) in [6.45, 7) is 9.99. The number of hydrogen-bond donors (Lipinski definition) is 1. The second-order valence-corrected chi connectivity index (χ2v) is 4.54. The first kappa shape index (κ1) is 15.9. The lowest BCUT2D eigenvalue weighted by Crippen LogP contribution is -2.17. The number of nitrogens with one attached hydrogen (secondary N) is 1. The zero-order valence-electron chi connectivity index (χ0n) is 12.4. The molecule has 0 unspecified atom stereocenters. The van der Waals surface area contributed by atoms with E-state index in [1.54, 1.807) is 0 Å². The maximum atomic E-state index is 5.74. The van der Waals surface area contributed by atoms with Gasteiger partial charge in [-0.3, -0.25) is 4.98 Å². The lowest BCUT2D eigenvalue weighted by molar-refractivity contribution is 0.100. The Hall–Kier alpha value is -1.13. The molecule has 0 fully saturated rings. The molecule has 0 amide bonds. The van der Waals surface area contributed by atoms with Crippen molar-refractivity contribution in [2.24, 2.45) is 0 Å². The average molecular weight is 266 g/mol. The van der Waals surface area contributed by atoms with Gasteiger partial charge in [0.15, 0.2) is 0 Å². The highest BCUT2D eigenvalue weighted by molar-refractivity contribution is 5.29. The summed E-state index contributed by atoms with van der Waals surface area (Å²) in [5, 5.41) is 3.36. The Morgan fingerprint density at radius 1 is 1.11 bits per heavy atom. The third kappa shape index (κ3) is 6.55. The lowest BCUT2D eigenvalue weighted by Gasteiger charge is -2.12. The number of aryl methyl sites for hydroxylation is 1. The summed E-state index contributed by atoms with van der Waals surface area (Å²) in [4.78, 5) is 4.53. The van der Waals surface area contributed by atoms with E-state index in [4.69, 9.17) is 9.47 Å². The number of pyridine rings is 1. The number of ether oxygens (including phenoxy) is 2. The van der Waals surface area contributed by atoms with Crippen molar-refractivity contribution in [2.45, 2.75) is 40.2 Å². The third-order valence-corrected chi connectivity index (χ3v) is 2.62. The fourth-order valence-electron chi connectivity index (χ4n) is 1.70. The van der Waals surface area contributed by atoms with Crippen LogP contribution in [-0.4, -0.2) is 31.3 Å². The van der Waals surface area contributed by atoms with Crippen molar-refractivity contribution >= 4 is 0 Å². The molecule has 1 rings (SSSR count). The Bertz CT molecular complexity index is 356. The van der Waals surface area contributed by atoms with Crippen LogP contribution >= 0.6 is 0 Å². The smallest absolute Gasteiger partial charge is 0.142 e. The predicted molar refractivity (Wildman–Crippen MR) is 77.6 cm³/mol. The maximum Gasteiger partial charge on any atom is 0.142 e. The van der Waals surface area contributed by atoms with Crippen LogP contribution in [0.2, 0.25) is 0 Å². The van der Waals surface area contributed by atoms with Gasteiger partial charge in [-0.15, -0.1) is 0 Å². The molecule has 108 valence electrons. The van der Waals surface area contributed by atoms with Gasteiger partial charge in [-0.2, -0.15) is 0 Å². The quantitative estimate of drug-likeness (QED) is 0.661. The Morgan fingerprint density at radius 3 is 2.68 bits per heavy atom. The monoisotopic (exact) mass is 266 g/mol. The molecule has 1 aromatic rings. The lowest BCUT2D eigenvalue weighted by atomic mass is 10.2. The standard InChI is InChI=1S/C15H26N2O2/c1-4-8-16-12-14-15(7-6-13(3)17-14)19-11-10-18-9-5-2/h6-7,16H,4-5,8-12H2,1-3H3. The van der Waals surface area contributed by atoms with Crippen LogP contribution in [-0.2, 0) is 11.3 Å². The molecular formula is C15H26N2O2. The molecule has 0 spiro atoms. The van der Waals surface area contributed by atoms with Crippen molar-refractivity contribution < 1.29 is 9.47 Å². The van der Waals surface area contributed by atoms with E-state index in [1.807, 2.05) is 19.1 Å². The molecule has 1 aromatic heterocycles. The van der Waals surface area contributed by atoms with E-state index in [-0.39, 0.29) is 0 Å². The van der Waals surface area contributed by atoms with Crippen LogP contribution in [0.1, 0.15) is 38.1 Å². The first-order valence-corrected chi connectivity index (χ1v) is 7.15. The predicted octanol–water partition coefficient (Wildman–Crippen LogP) is 2.70. The van der Waals surface area contributed by atoms with Gasteiger partial charge in [0.25, 0.3) is 0 Å². The molecule has 0 saturated heterocycles. The largest absolute Gasteiger partial charge is 0.489 e. The van der Waals surface area contributed by atoms with E-state index in [0.717, 1.165) is 49.7 Å². The van der Waals surface area contributed by atoms with E-state index >= 15 is 0 Å². The number of hydrogen-bond acceptors (Lipinski definition) is 4. The van der Waals surface area contributed by atoms with Gasteiger partial charge in [0, 0.05) is 18.8 Å². The molecule has 0 aliphatic heterocycles. The molecule has 0 aliphatic carbocycles. The second-order valence-electron chi connectivity index (χ2n) is 4.54. The Morgan fingerprint density at radius 2 is 1.95 bits per heavy atom. The summed E-state index contributed by atoms with van der Waals surface area (Å²) in [6.07, 6.45) is 2.16. The van der Waals surface area contributed by atoms with Crippen LogP contribution in [0.5, 0.6) is 5.75 Å². The zero-order valence-corrected chi connectivity index (χ0v) is 12.4. The van der Waals surface area contributed by atoms with E-state index in [9.17, 15) is 0 Å². The second kappa shape index (κ2) is 9.75. The summed E-state index contributed by atoms with van der Waals surface area (Å²) in [6, 6.07) is 3.97. The van der Waals surface area contributed by atoms with Crippen molar-refractivity contribution in [3.63, 3.8) is 0 Å². The molecule has 0 bridgehead atoms. The van der Waals surface area contributed by atoms with Crippen molar-refractivity contribution in [1.29, 1.82) is 0 Å².